The summed E-state index contributed by atoms with van der Waals surface area (Å²) in [5.41, 5.74) is 1.49. The Morgan fingerprint density at radius 2 is 1.79 bits per heavy atom. The average molecular weight is 473 g/mol. The summed E-state index contributed by atoms with van der Waals surface area (Å²) in [6, 6.07) is 12.3. The van der Waals surface area contributed by atoms with Gasteiger partial charge in [0.1, 0.15) is 16.5 Å². The van der Waals surface area contributed by atoms with Crippen molar-refractivity contribution in [1.82, 2.24) is 9.97 Å². The monoisotopic (exact) mass is 471 g/mol. The second kappa shape index (κ2) is 9.33. The molecule has 0 saturated heterocycles. The third-order valence-corrected chi connectivity index (χ3v) is 5.96. The molecule has 0 aliphatic heterocycles. The van der Waals surface area contributed by atoms with Crippen LogP contribution in [0.1, 0.15) is 16.1 Å². The van der Waals surface area contributed by atoms with Crippen LogP contribution in [0.3, 0.4) is 0 Å². The van der Waals surface area contributed by atoms with Crippen molar-refractivity contribution in [3.05, 3.63) is 73.8 Å². The number of thioether (sulfide) groups is 1. The van der Waals surface area contributed by atoms with Gasteiger partial charge in [0.2, 0.25) is 5.12 Å². The Labute approximate surface area is 186 Å². The SMILES string of the molecule is CNc1nc(-c2ccc(Cl)cc2Cl)nc(C(=O)SCc2ccccc2Cl)c1Cl. The lowest BCUT2D eigenvalue weighted by molar-refractivity contribution is 0.108. The quantitative estimate of drug-likeness (QED) is 0.438. The van der Waals surface area contributed by atoms with Crippen LogP contribution in [0.5, 0.6) is 0 Å². The molecule has 0 fully saturated rings. The number of benzene rings is 2. The summed E-state index contributed by atoms with van der Waals surface area (Å²) in [7, 11) is 1.66. The summed E-state index contributed by atoms with van der Waals surface area (Å²) in [5.74, 6) is 1.00. The number of hydrogen-bond donors (Lipinski definition) is 1. The first kappa shape index (κ1) is 21.2. The maximum Gasteiger partial charge on any atom is 0.239 e. The molecule has 0 aliphatic carbocycles. The van der Waals surface area contributed by atoms with Crippen molar-refractivity contribution >= 4 is 69.1 Å². The van der Waals surface area contributed by atoms with Gasteiger partial charge in [0.05, 0.1) is 5.02 Å². The molecule has 0 radical (unpaired) electrons. The van der Waals surface area contributed by atoms with Gasteiger partial charge in [-0.2, -0.15) is 0 Å². The molecule has 2 aromatic carbocycles. The van der Waals surface area contributed by atoms with Crippen LogP contribution in [0.15, 0.2) is 42.5 Å². The van der Waals surface area contributed by atoms with Crippen LogP contribution >= 0.6 is 58.2 Å². The van der Waals surface area contributed by atoms with E-state index in [1.165, 1.54) is 0 Å². The largest absolute Gasteiger partial charge is 0.372 e. The molecule has 4 nitrogen and oxygen atoms in total. The second-order valence-corrected chi connectivity index (χ2v) is 8.18. The first-order valence-electron chi connectivity index (χ1n) is 8.02. The number of anilines is 1. The predicted octanol–water partition coefficient (Wildman–Crippen LogP) is 6.87. The summed E-state index contributed by atoms with van der Waals surface area (Å²) in [6.07, 6.45) is 0. The van der Waals surface area contributed by atoms with E-state index < -0.39 is 0 Å². The highest BCUT2D eigenvalue weighted by atomic mass is 35.5. The van der Waals surface area contributed by atoms with Crippen molar-refractivity contribution in [3.63, 3.8) is 0 Å². The molecule has 1 aromatic heterocycles. The molecule has 0 bridgehead atoms. The van der Waals surface area contributed by atoms with E-state index in [2.05, 4.69) is 15.3 Å². The molecule has 144 valence electrons. The Morgan fingerprint density at radius 1 is 1.04 bits per heavy atom. The van der Waals surface area contributed by atoms with Gasteiger partial charge in [-0.25, -0.2) is 9.97 Å². The molecule has 0 aliphatic rings. The molecule has 0 amide bonds. The van der Waals surface area contributed by atoms with E-state index in [1.807, 2.05) is 18.2 Å². The van der Waals surface area contributed by atoms with Crippen molar-refractivity contribution in [2.45, 2.75) is 5.75 Å². The molecule has 1 N–H and O–H groups in total. The second-order valence-electron chi connectivity index (χ2n) is 5.60. The number of carbonyl (C=O) groups is 1. The topological polar surface area (TPSA) is 54.9 Å². The van der Waals surface area contributed by atoms with Crippen LogP contribution in [0, 0.1) is 0 Å². The smallest absolute Gasteiger partial charge is 0.239 e. The minimum absolute atomic E-state index is 0.0964. The number of carbonyl (C=O) groups excluding carboxylic acids is 1. The Bertz CT molecular complexity index is 1050. The van der Waals surface area contributed by atoms with E-state index in [4.69, 9.17) is 46.4 Å². The van der Waals surface area contributed by atoms with E-state index in [9.17, 15) is 4.79 Å². The summed E-state index contributed by atoms with van der Waals surface area (Å²) < 4.78 is 0. The average Bonchev–Trinajstić information content (AvgIpc) is 2.67. The summed E-state index contributed by atoms with van der Waals surface area (Å²) >= 11 is 25.8. The first-order valence-corrected chi connectivity index (χ1v) is 10.5. The molecule has 28 heavy (non-hydrogen) atoms. The van der Waals surface area contributed by atoms with Crippen molar-refractivity contribution in [1.29, 1.82) is 0 Å². The van der Waals surface area contributed by atoms with Gasteiger partial charge < -0.3 is 5.32 Å². The summed E-state index contributed by atoms with van der Waals surface area (Å²) in [4.78, 5) is 21.5. The third kappa shape index (κ3) is 4.73. The van der Waals surface area contributed by atoms with Gasteiger partial charge in [-0.15, -0.1) is 0 Å². The van der Waals surface area contributed by atoms with Crippen molar-refractivity contribution < 1.29 is 4.79 Å². The fourth-order valence-corrected chi connectivity index (χ4v) is 4.28. The predicted molar refractivity (Wildman–Crippen MR) is 119 cm³/mol. The molecular formula is C19H13Cl4N3OS. The van der Waals surface area contributed by atoms with Crippen molar-refractivity contribution in [2.75, 3.05) is 12.4 Å². The lowest BCUT2D eigenvalue weighted by Crippen LogP contribution is -2.07. The van der Waals surface area contributed by atoms with Crippen LogP contribution in [0.25, 0.3) is 11.4 Å². The van der Waals surface area contributed by atoms with Gasteiger partial charge in [0.25, 0.3) is 0 Å². The highest BCUT2D eigenvalue weighted by Crippen LogP contribution is 2.33. The third-order valence-electron chi connectivity index (χ3n) is 3.77. The summed E-state index contributed by atoms with van der Waals surface area (Å²) in [5, 5.41) is 4.19. The van der Waals surface area contributed by atoms with E-state index in [-0.39, 0.29) is 21.7 Å². The van der Waals surface area contributed by atoms with Gasteiger partial charge in [-0.05, 0) is 29.8 Å². The number of hydrogen-bond acceptors (Lipinski definition) is 5. The fourth-order valence-electron chi connectivity index (χ4n) is 2.37. The number of halogens is 4. The zero-order valence-electron chi connectivity index (χ0n) is 14.5. The maximum atomic E-state index is 12.8. The van der Waals surface area contributed by atoms with Crippen LogP contribution in [0.2, 0.25) is 20.1 Å². The molecule has 3 rings (SSSR count). The fraction of sp³-hybridized carbons (Fsp3) is 0.105. The van der Waals surface area contributed by atoms with E-state index in [1.54, 1.807) is 31.3 Å². The van der Waals surface area contributed by atoms with Crippen LogP contribution in [-0.4, -0.2) is 22.1 Å². The molecule has 9 heteroatoms. The number of rotatable bonds is 5. The highest BCUT2D eigenvalue weighted by Gasteiger charge is 2.21. The van der Waals surface area contributed by atoms with E-state index in [0.29, 0.717) is 32.2 Å². The standard InChI is InChI=1S/C19H13Cl4N3OS/c1-24-18-15(23)16(19(27)28-9-10-4-2-3-5-13(10)21)25-17(26-18)12-7-6-11(20)8-14(12)22/h2-8H,9H2,1H3,(H,24,25,26). The van der Waals surface area contributed by atoms with Crippen LogP contribution in [-0.2, 0) is 5.75 Å². The van der Waals surface area contributed by atoms with Crippen LogP contribution < -0.4 is 5.32 Å². The summed E-state index contributed by atoms with van der Waals surface area (Å²) in [6.45, 7) is 0. The van der Waals surface area contributed by atoms with E-state index >= 15 is 0 Å². The molecule has 0 atom stereocenters. The molecule has 0 spiro atoms. The first-order chi connectivity index (χ1) is 13.4. The Balaban J connectivity index is 1.95. The van der Waals surface area contributed by atoms with Crippen LogP contribution in [0.4, 0.5) is 5.82 Å². The zero-order chi connectivity index (χ0) is 20.3. The minimum Gasteiger partial charge on any atom is -0.372 e. The Morgan fingerprint density at radius 3 is 2.46 bits per heavy atom. The van der Waals surface area contributed by atoms with Gasteiger partial charge in [-0.3, -0.25) is 4.79 Å². The van der Waals surface area contributed by atoms with Crippen molar-refractivity contribution in [2.24, 2.45) is 0 Å². The van der Waals surface area contributed by atoms with E-state index in [0.717, 1.165) is 17.3 Å². The van der Waals surface area contributed by atoms with Gasteiger partial charge in [0.15, 0.2) is 5.82 Å². The Kier molecular flexibility index (Phi) is 7.07. The highest BCUT2D eigenvalue weighted by molar-refractivity contribution is 8.13. The van der Waals surface area contributed by atoms with Gasteiger partial charge >= 0.3 is 0 Å². The Hall–Kier alpha value is -1.50. The van der Waals surface area contributed by atoms with Crippen molar-refractivity contribution in [3.8, 4) is 11.4 Å². The zero-order valence-corrected chi connectivity index (χ0v) is 18.3. The minimum atomic E-state index is -0.296. The normalized spacial score (nSPS) is 10.8. The lowest BCUT2D eigenvalue weighted by Gasteiger charge is -2.11. The number of nitrogens with one attached hydrogen (secondary N) is 1. The lowest BCUT2D eigenvalue weighted by atomic mass is 10.2. The molecule has 1 heterocycles. The van der Waals surface area contributed by atoms with Gasteiger partial charge in [-0.1, -0.05) is 76.4 Å². The number of nitrogens with zero attached hydrogens (tertiary/aromatic N) is 2. The van der Waals surface area contributed by atoms with Gasteiger partial charge in [0, 0.05) is 28.4 Å². The maximum absolute atomic E-state index is 12.8. The molecule has 0 saturated carbocycles. The molecule has 0 unspecified atom stereocenters. The number of aromatic nitrogens is 2. The molecular weight excluding hydrogens is 460 g/mol. The molecule has 3 aromatic rings.